The highest BCUT2D eigenvalue weighted by molar-refractivity contribution is 5.73. The van der Waals surface area contributed by atoms with Crippen LogP contribution in [-0.4, -0.2) is 38.9 Å². The molecule has 2 rings (SSSR count). The van der Waals surface area contributed by atoms with Crippen molar-refractivity contribution >= 4 is 11.9 Å². The Bertz CT molecular complexity index is 474. The quantitative estimate of drug-likeness (QED) is 0.347. The molecule has 162 valence electrons. The lowest BCUT2D eigenvalue weighted by molar-refractivity contribution is -0.152. The summed E-state index contributed by atoms with van der Waals surface area (Å²) in [6, 6.07) is 0. The third-order valence-corrected chi connectivity index (χ3v) is 5.77. The molecule has 0 aliphatic heterocycles. The van der Waals surface area contributed by atoms with E-state index in [0.717, 1.165) is 32.1 Å². The van der Waals surface area contributed by atoms with Crippen LogP contribution < -0.4 is 0 Å². The lowest BCUT2D eigenvalue weighted by atomic mass is 9.80. The van der Waals surface area contributed by atoms with Gasteiger partial charge in [-0.25, -0.2) is 0 Å². The number of rotatable bonds is 7. The first-order chi connectivity index (χ1) is 13.5. The van der Waals surface area contributed by atoms with Gasteiger partial charge in [-0.3, -0.25) is 9.59 Å². The van der Waals surface area contributed by atoms with E-state index in [4.69, 9.17) is 14.2 Å². The topological polar surface area (TPSA) is 61.8 Å². The Kier molecular flexibility index (Phi) is 12.9. The van der Waals surface area contributed by atoms with Crippen molar-refractivity contribution in [2.24, 2.45) is 23.7 Å². The van der Waals surface area contributed by atoms with Crippen molar-refractivity contribution < 1.29 is 23.8 Å². The minimum absolute atomic E-state index is 0.00495. The SMILES string of the molecule is C/C=C/COC(=O)C1CCCC(C)C1.COCCOC(=O)C1CCCCC1C. The highest BCUT2D eigenvalue weighted by Gasteiger charge is 2.28. The van der Waals surface area contributed by atoms with Crippen LogP contribution in [0.15, 0.2) is 12.2 Å². The first kappa shape index (κ1) is 24.7. The molecule has 28 heavy (non-hydrogen) atoms. The number of carbonyl (C=O) groups excluding carboxylic acids is 2. The summed E-state index contributed by atoms with van der Waals surface area (Å²) in [5.41, 5.74) is 0. The fraction of sp³-hybridized carbons (Fsp3) is 0.826. The third kappa shape index (κ3) is 9.72. The fourth-order valence-electron chi connectivity index (χ4n) is 3.99. The van der Waals surface area contributed by atoms with E-state index in [9.17, 15) is 9.59 Å². The Balaban J connectivity index is 0.000000280. The van der Waals surface area contributed by atoms with Gasteiger partial charge in [-0.15, -0.1) is 0 Å². The fourth-order valence-corrected chi connectivity index (χ4v) is 3.99. The van der Waals surface area contributed by atoms with Gasteiger partial charge in [0.1, 0.15) is 13.2 Å². The van der Waals surface area contributed by atoms with Crippen LogP contribution in [-0.2, 0) is 23.8 Å². The number of hydrogen-bond donors (Lipinski definition) is 0. The van der Waals surface area contributed by atoms with Crippen molar-refractivity contribution in [3.63, 3.8) is 0 Å². The molecule has 2 aliphatic rings. The monoisotopic (exact) mass is 396 g/mol. The average molecular weight is 397 g/mol. The van der Waals surface area contributed by atoms with Gasteiger partial charge in [0, 0.05) is 7.11 Å². The highest BCUT2D eigenvalue weighted by atomic mass is 16.6. The maximum Gasteiger partial charge on any atom is 0.309 e. The Labute approximate surface area is 171 Å². The minimum Gasteiger partial charge on any atom is -0.463 e. The van der Waals surface area contributed by atoms with Gasteiger partial charge >= 0.3 is 11.9 Å². The van der Waals surface area contributed by atoms with Crippen molar-refractivity contribution in [3.8, 4) is 0 Å². The van der Waals surface area contributed by atoms with Gasteiger partial charge in [0.05, 0.1) is 18.4 Å². The highest BCUT2D eigenvalue weighted by Crippen LogP contribution is 2.30. The Morgan fingerprint density at radius 2 is 1.68 bits per heavy atom. The summed E-state index contributed by atoms with van der Waals surface area (Å²) < 4.78 is 15.1. The van der Waals surface area contributed by atoms with Crippen LogP contribution in [0.4, 0.5) is 0 Å². The van der Waals surface area contributed by atoms with Crippen LogP contribution in [0.2, 0.25) is 0 Å². The molecule has 5 nitrogen and oxygen atoms in total. The van der Waals surface area contributed by atoms with Gasteiger partial charge < -0.3 is 14.2 Å². The van der Waals surface area contributed by atoms with Crippen LogP contribution in [0.25, 0.3) is 0 Å². The van der Waals surface area contributed by atoms with Gasteiger partial charge in [-0.2, -0.15) is 0 Å². The van der Waals surface area contributed by atoms with Crippen LogP contribution >= 0.6 is 0 Å². The van der Waals surface area contributed by atoms with Gasteiger partial charge in [0.15, 0.2) is 0 Å². The molecular formula is C23H40O5. The van der Waals surface area contributed by atoms with Crippen LogP contribution in [0, 0.1) is 23.7 Å². The minimum atomic E-state index is -0.0331. The summed E-state index contributed by atoms with van der Waals surface area (Å²) in [6.45, 7) is 7.59. The van der Waals surface area contributed by atoms with E-state index in [-0.39, 0.29) is 23.8 Å². The van der Waals surface area contributed by atoms with Gasteiger partial charge in [-0.05, 0) is 44.4 Å². The van der Waals surface area contributed by atoms with Crippen molar-refractivity contribution in [2.45, 2.75) is 72.1 Å². The average Bonchev–Trinajstić information content (AvgIpc) is 2.69. The standard InChI is InChI=1S/C12H20O2.C11H20O3/c1-3-4-8-14-12(13)11-7-5-6-10(2)9-11;1-9-5-3-4-6-10(9)11(12)14-8-7-13-2/h3-4,10-11H,5-9H2,1-2H3;9-10H,3-8H2,1-2H3/b4-3+;. The van der Waals surface area contributed by atoms with E-state index < -0.39 is 0 Å². The van der Waals surface area contributed by atoms with Gasteiger partial charge in [0.25, 0.3) is 0 Å². The van der Waals surface area contributed by atoms with Crippen molar-refractivity contribution in [1.29, 1.82) is 0 Å². The molecule has 0 aromatic carbocycles. The summed E-state index contributed by atoms with van der Waals surface area (Å²) in [7, 11) is 1.61. The second-order valence-electron chi connectivity index (χ2n) is 8.20. The molecule has 0 aromatic heterocycles. The van der Waals surface area contributed by atoms with E-state index in [1.54, 1.807) is 7.11 Å². The summed E-state index contributed by atoms with van der Waals surface area (Å²) in [4.78, 5) is 23.2. The molecule has 4 unspecified atom stereocenters. The lowest BCUT2D eigenvalue weighted by Gasteiger charge is -2.26. The molecule has 2 saturated carbocycles. The largest absolute Gasteiger partial charge is 0.463 e. The number of ether oxygens (including phenoxy) is 3. The second kappa shape index (κ2) is 14.6. The maximum absolute atomic E-state index is 11.6. The molecular weight excluding hydrogens is 356 g/mol. The Morgan fingerprint density at radius 3 is 2.32 bits per heavy atom. The molecule has 0 heterocycles. The second-order valence-corrected chi connectivity index (χ2v) is 8.20. The lowest BCUT2D eigenvalue weighted by Crippen LogP contribution is -2.27. The van der Waals surface area contributed by atoms with E-state index in [1.807, 2.05) is 19.1 Å². The van der Waals surface area contributed by atoms with Crippen molar-refractivity contribution in [3.05, 3.63) is 12.2 Å². The Hall–Kier alpha value is -1.36. The van der Waals surface area contributed by atoms with Gasteiger partial charge in [-0.1, -0.05) is 51.7 Å². The third-order valence-electron chi connectivity index (χ3n) is 5.77. The molecule has 0 saturated heterocycles. The predicted molar refractivity (Wildman–Crippen MR) is 111 cm³/mol. The Morgan fingerprint density at radius 1 is 0.929 bits per heavy atom. The van der Waals surface area contributed by atoms with E-state index in [0.29, 0.717) is 31.7 Å². The van der Waals surface area contributed by atoms with Crippen molar-refractivity contribution in [2.75, 3.05) is 26.9 Å². The zero-order chi connectivity index (χ0) is 20.8. The number of methoxy groups -OCH3 is 1. The molecule has 2 fully saturated rings. The first-order valence-electron chi connectivity index (χ1n) is 10.9. The first-order valence-corrected chi connectivity index (χ1v) is 10.9. The smallest absolute Gasteiger partial charge is 0.309 e. The predicted octanol–water partition coefficient (Wildman–Crippen LogP) is 4.93. The molecule has 0 radical (unpaired) electrons. The van der Waals surface area contributed by atoms with Crippen LogP contribution in [0.5, 0.6) is 0 Å². The summed E-state index contributed by atoms with van der Waals surface area (Å²) >= 11 is 0. The van der Waals surface area contributed by atoms with Crippen molar-refractivity contribution in [1.82, 2.24) is 0 Å². The number of esters is 2. The maximum atomic E-state index is 11.6. The van der Waals surface area contributed by atoms with E-state index in [1.165, 1.54) is 19.3 Å². The number of hydrogen-bond acceptors (Lipinski definition) is 5. The number of carbonyl (C=O) groups is 2. The van der Waals surface area contributed by atoms with Crippen LogP contribution in [0.1, 0.15) is 72.1 Å². The summed E-state index contributed by atoms with van der Waals surface area (Å²) in [5.74, 6) is 1.41. The normalized spacial score (nSPS) is 27.6. The molecule has 0 N–H and O–H groups in total. The molecule has 5 heteroatoms. The summed E-state index contributed by atoms with van der Waals surface area (Å²) in [5, 5.41) is 0. The van der Waals surface area contributed by atoms with Gasteiger partial charge in [0.2, 0.25) is 0 Å². The molecule has 2 aliphatic carbocycles. The molecule has 4 atom stereocenters. The number of allylic oxidation sites excluding steroid dienone is 1. The molecule has 0 bridgehead atoms. The van der Waals surface area contributed by atoms with Crippen LogP contribution in [0.3, 0.4) is 0 Å². The summed E-state index contributed by atoms with van der Waals surface area (Å²) in [6.07, 6.45) is 12.8. The molecule has 0 amide bonds. The van der Waals surface area contributed by atoms with E-state index in [2.05, 4.69) is 13.8 Å². The zero-order valence-corrected chi connectivity index (χ0v) is 18.3. The van der Waals surface area contributed by atoms with E-state index >= 15 is 0 Å². The molecule has 0 spiro atoms. The zero-order valence-electron chi connectivity index (χ0n) is 18.3. The molecule has 0 aromatic rings.